The Morgan fingerprint density at radius 1 is 1.89 bits per heavy atom. The van der Waals surface area contributed by atoms with Crippen molar-refractivity contribution >= 4 is 23.0 Å². The van der Waals surface area contributed by atoms with Crippen LogP contribution in [0, 0.1) is 5.41 Å². The Morgan fingerprint density at radius 3 is 2.78 bits per heavy atom. The number of primary amides is 1. The third-order valence-corrected chi connectivity index (χ3v) is 1.95. The first kappa shape index (κ1) is 6.41. The Labute approximate surface area is 56.9 Å². The summed E-state index contributed by atoms with van der Waals surface area (Å²) in [5.41, 5.74) is 4.92. The van der Waals surface area contributed by atoms with Crippen molar-refractivity contribution in [3.8, 4) is 0 Å². The van der Waals surface area contributed by atoms with Crippen LogP contribution in [0.25, 0.3) is 0 Å². The van der Waals surface area contributed by atoms with Crippen molar-refractivity contribution in [1.29, 1.82) is 5.41 Å². The van der Waals surface area contributed by atoms with Crippen LogP contribution in [0.3, 0.4) is 0 Å². The maximum absolute atomic E-state index is 10.4. The maximum atomic E-state index is 10.4. The number of carbonyl (C=O) groups is 1. The van der Waals surface area contributed by atoms with Crippen LogP contribution in [0.4, 0.5) is 4.79 Å². The predicted octanol–water partition coefficient (Wildman–Crippen LogP) is 0.0487. The summed E-state index contributed by atoms with van der Waals surface area (Å²) in [5.74, 6) is 0.793. The molecule has 0 aromatic rings. The molecule has 9 heavy (non-hydrogen) atoms. The van der Waals surface area contributed by atoms with Gasteiger partial charge in [-0.05, 0) is 0 Å². The van der Waals surface area contributed by atoms with E-state index in [9.17, 15) is 4.79 Å². The number of nitrogens with two attached hydrogens (primary N) is 1. The van der Waals surface area contributed by atoms with Gasteiger partial charge in [-0.1, -0.05) is 11.8 Å². The van der Waals surface area contributed by atoms with Crippen LogP contribution in [0.1, 0.15) is 0 Å². The van der Waals surface area contributed by atoms with Gasteiger partial charge in [0.05, 0.1) is 0 Å². The zero-order valence-corrected chi connectivity index (χ0v) is 5.57. The van der Waals surface area contributed by atoms with Crippen molar-refractivity contribution in [2.24, 2.45) is 5.73 Å². The minimum absolute atomic E-state index is 0.266. The predicted molar refractivity (Wildman–Crippen MR) is 36.5 cm³/mol. The second-order valence-electron chi connectivity index (χ2n) is 1.64. The van der Waals surface area contributed by atoms with Gasteiger partial charge in [-0.25, -0.2) is 4.79 Å². The number of nitrogens with one attached hydrogen (secondary N) is 1. The van der Waals surface area contributed by atoms with E-state index in [1.807, 2.05) is 0 Å². The Morgan fingerprint density at radius 2 is 2.56 bits per heavy atom. The van der Waals surface area contributed by atoms with Crippen LogP contribution >= 0.6 is 11.8 Å². The molecule has 5 heteroatoms. The monoisotopic (exact) mass is 145 g/mol. The highest BCUT2D eigenvalue weighted by molar-refractivity contribution is 8.14. The molecule has 1 rings (SSSR count). The quantitative estimate of drug-likeness (QED) is 0.505. The molecular weight excluding hydrogens is 138 g/mol. The first-order valence-corrected chi connectivity index (χ1v) is 3.48. The van der Waals surface area contributed by atoms with Crippen molar-refractivity contribution in [3.63, 3.8) is 0 Å². The van der Waals surface area contributed by atoms with Gasteiger partial charge in [0.1, 0.15) is 0 Å². The van der Waals surface area contributed by atoms with E-state index in [1.165, 1.54) is 16.7 Å². The molecule has 0 spiro atoms. The second-order valence-corrected chi connectivity index (χ2v) is 2.73. The molecule has 0 radical (unpaired) electrons. The summed E-state index contributed by atoms with van der Waals surface area (Å²) in [6, 6.07) is -0.523. The third-order valence-electron chi connectivity index (χ3n) is 1.06. The van der Waals surface area contributed by atoms with E-state index in [-0.39, 0.29) is 5.17 Å². The average molecular weight is 145 g/mol. The molecule has 1 aliphatic rings. The summed E-state index contributed by atoms with van der Waals surface area (Å²) < 4.78 is 0. The molecule has 1 saturated heterocycles. The molecule has 1 heterocycles. The smallest absolute Gasteiger partial charge is 0.320 e. The van der Waals surface area contributed by atoms with E-state index in [4.69, 9.17) is 11.1 Å². The first-order chi connectivity index (χ1) is 4.22. The van der Waals surface area contributed by atoms with Gasteiger partial charge in [-0.2, -0.15) is 0 Å². The van der Waals surface area contributed by atoms with Crippen LogP contribution in [-0.4, -0.2) is 28.4 Å². The molecule has 0 aromatic heterocycles. The molecule has 50 valence electrons. The van der Waals surface area contributed by atoms with Gasteiger partial charge in [0.15, 0.2) is 5.17 Å². The van der Waals surface area contributed by atoms with Crippen molar-refractivity contribution in [2.45, 2.75) is 0 Å². The normalized spacial score (nSPS) is 18.7. The van der Waals surface area contributed by atoms with Gasteiger partial charge in [-0.3, -0.25) is 10.3 Å². The van der Waals surface area contributed by atoms with Crippen LogP contribution in [0.5, 0.6) is 0 Å². The molecule has 0 atom stereocenters. The number of urea groups is 1. The number of amidine groups is 1. The maximum Gasteiger partial charge on any atom is 0.320 e. The van der Waals surface area contributed by atoms with Crippen molar-refractivity contribution < 1.29 is 4.79 Å². The number of thioether (sulfide) groups is 1. The lowest BCUT2D eigenvalue weighted by Gasteiger charge is -2.08. The van der Waals surface area contributed by atoms with Gasteiger partial charge in [0, 0.05) is 12.3 Å². The van der Waals surface area contributed by atoms with Crippen molar-refractivity contribution in [1.82, 2.24) is 4.90 Å². The Balaban J connectivity index is 2.60. The third kappa shape index (κ3) is 1.16. The van der Waals surface area contributed by atoms with Crippen LogP contribution in [0.2, 0.25) is 0 Å². The zero-order valence-electron chi connectivity index (χ0n) is 4.76. The number of carbonyl (C=O) groups excluding carboxylic acids is 1. The lowest BCUT2D eigenvalue weighted by molar-refractivity contribution is 0.233. The standard InChI is InChI=1S/C4H7N3OS/c5-3(8)7-1-2-9-4(7)6/h6H,1-2H2,(H2,5,8). The zero-order chi connectivity index (χ0) is 6.85. The van der Waals surface area contributed by atoms with E-state index in [1.54, 1.807) is 0 Å². The lowest BCUT2D eigenvalue weighted by Crippen LogP contribution is -2.35. The van der Waals surface area contributed by atoms with E-state index in [0.29, 0.717) is 6.54 Å². The fourth-order valence-electron chi connectivity index (χ4n) is 0.623. The van der Waals surface area contributed by atoms with Crippen molar-refractivity contribution in [3.05, 3.63) is 0 Å². The highest BCUT2D eigenvalue weighted by atomic mass is 32.2. The summed E-state index contributed by atoms with van der Waals surface area (Å²) in [5, 5.41) is 7.39. The molecule has 0 aliphatic carbocycles. The number of nitrogens with zero attached hydrogens (tertiary/aromatic N) is 1. The highest BCUT2D eigenvalue weighted by Crippen LogP contribution is 2.14. The molecule has 1 fully saturated rings. The van der Waals surface area contributed by atoms with E-state index >= 15 is 0 Å². The van der Waals surface area contributed by atoms with E-state index < -0.39 is 6.03 Å². The molecule has 0 aromatic carbocycles. The fraction of sp³-hybridized carbons (Fsp3) is 0.500. The molecule has 0 unspecified atom stereocenters. The number of hydrogen-bond acceptors (Lipinski definition) is 3. The molecule has 2 amide bonds. The Hall–Kier alpha value is -0.710. The topological polar surface area (TPSA) is 70.2 Å². The summed E-state index contributed by atoms with van der Waals surface area (Å²) in [4.78, 5) is 11.7. The summed E-state index contributed by atoms with van der Waals surface area (Å²) in [7, 11) is 0. The Bertz CT molecular complexity index is 158. The van der Waals surface area contributed by atoms with Gasteiger partial charge in [-0.15, -0.1) is 0 Å². The minimum Gasteiger partial charge on any atom is -0.351 e. The summed E-state index contributed by atoms with van der Waals surface area (Å²) >= 11 is 1.34. The number of rotatable bonds is 0. The molecule has 1 aliphatic heterocycles. The van der Waals surface area contributed by atoms with Gasteiger partial charge in [0.25, 0.3) is 0 Å². The SMILES string of the molecule is N=C1SCCN1C(N)=O. The van der Waals surface area contributed by atoms with E-state index in [0.717, 1.165) is 5.75 Å². The van der Waals surface area contributed by atoms with Gasteiger partial charge >= 0.3 is 6.03 Å². The molecule has 4 nitrogen and oxygen atoms in total. The highest BCUT2D eigenvalue weighted by Gasteiger charge is 2.21. The molecule has 0 saturated carbocycles. The van der Waals surface area contributed by atoms with Crippen LogP contribution < -0.4 is 5.73 Å². The largest absolute Gasteiger partial charge is 0.351 e. The van der Waals surface area contributed by atoms with Gasteiger partial charge < -0.3 is 5.73 Å². The summed E-state index contributed by atoms with van der Waals surface area (Å²) in [6.07, 6.45) is 0. The molecular formula is C4H7N3OS. The van der Waals surface area contributed by atoms with Crippen LogP contribution in [-0.2, 0) is 0 Å². The average Bonchev–Trinajstić information content (AvgIpc) is 2.13. The van der Waals surface area contributed by atoms with Crippen molar-refractivity contribution in [2.75, 3.05) is 12.3 Å². The summed E-state index contributed by atoms with van der Waals surface area (Å²) in [6.45, 7) is 0.582. The van der Waals surface area contributed by atoms with E-state index in [2.05, 4.69) is 0 Å². The van der Waals surface area contributed by atoms with Crippen LogP contribution in [0.15, 0.2) is 0 Å². The lowest BCUT2D eigenvalue weighted by atomic mass is 10.6. The number of hydrogen-bond donors (Lipinski definition) is 2. The Kier molecular flexibility index (Phi) is 1.61. The minimum atomic E-state index is -0.523. The molecule has 3 N–H and O–H groups in total. The number of amides is 2. The first-order valence-electron chi connectivity index (χ1n) is 2.50. The fourth-order valence-corrected chi connectivity index (χ4v) is 1.43. The molecule has 0 bridgehead atoms. The second kappa shape index (κ2) is 2.26. The van der Waals surface area contributed by atoms with Gasteiger partial charge in [0.2, 0.25) is 0 Å².